The first-order valence-electron chi connectivity index (χ1n) is 6.54. The van der Waals surface area contributed by atoms with Crippen molar-refractivity contribution in [2.75, 3.05) is 31.6 Å². The molecule has 1 aromatic carbocycles. The number of hydrogen-bond acceptors (Lipinski definition) is 3. The fraction of sp³-hybridized carbons (Fsp3) is 0.500. The van der Waals surface area contributed by atoms with Crippen LogP contribution in [0.3, 0.4) is 0 Å². The lowest BCUT2D eigenvalue weighted by atomic mass is 10.0. The molecule has 1 fully saturated rings. The molecule has 0 spiro atoms. The lowest BCUT2D eigenvalue weighted by molar-refractivity contribution is -0.145. The van der Waals surface area contributed by atoms with Crippen molar-refractivity contribution < 1.29 is 22.7 Å². The van der Waals surface area contributed by atoms with Gasteiger partial charge in [-0.25, -0.2) is 0 Å². The maximum atomic E-state index is 12.6. The van der Waals surface area contributed by atoms with Gasteiger partial charge in [-0.3, -0.25) is 4.79 Å². The van der Waals surface area contributed by atoms with E-state index in [1.165, 1.54) is 19.2 Å². The number of rotatable bonds is 2. The monoisotopic (exact) mass is 302 g/mol. The minimum Gasteiger partial charge on any atom is -0.366 e. The van der Waals surface area contributed by atoms with Crippen molar-refractivity contribution in [3.05, 3.63) is 29.8 Å². The molecule has 1 aliphatic rings. The summed E-state index contributed by atoms with van der Waals surface area (Å²) in [4.78, 5) is 13.7. The molecule has 0 unspecified atom stereocenters. The smallest absolute Gasteiger partial charge is 0.366 e. The highest BCUT2D eigenvalue weighted by Gasteiger charge is 2.39. The fourth-order valence-electron chi connectivity index (χ4n) is 2.35. The van der Waals surface area contributed by atoms with Crippen LogP contribution in [0.1, 0.15) is 12.5 Å². The van der Waals surface area contributed by atoms with Gasteiger partial charge in [0.1, 0.15) is 0 Å². The number of nitrogens with one attached hydrogen (secondary N) is 1. The van der Waals surface area contributed by atoms with Gasteiger partial charge in [0.05, 0.1) is 18.7 Å². The summed E-state index contributed by atoms with van der Waals surface area (Å²) in [6.45, 7) is 2.82. The van der Waals surface area contributed by atoms with Crippen molar-refractivity contribution in [2.45, 2.75) is 18.7 Å². The largest absolute Gasteiger partial charge is 0.416 e. The van der Waals surface area contributed by atoms with Gasteiger partial charge < -0.3 is 15.0 Å². The van der Waals surface area contributed by atoms with Gasteiger partial charge in [0.2, 0.25) is 0 Å². The number of amides is 1. The van der Waals surface area contributed by atoms with Gasteiger partial charge in [-0.2, -0.15) is 13.2 Å². The van der Waals surface area contributed by atoms with Crippen molar-refractivity contribution >= 4 is 11.6 Å². The molecule has 0 radical (unpaired) electrons. The van der Waals surface area contributed by atoms with Gasteiger partial charge in [0.25, 0.3) is 5.91 Å². The molecule has 1 amide bonds. The highest BCUT2D eigenvalue weighted by molar-refractivity contribution is 5.85. The van der Waals surface area contributed by atoms with E-state index in [-0.39, 0.29) is 12.5 Å². The average Bonchev–Trinajstić information content (AvgIpc) is 2.45. The van der Waals surface area contributed by atoms with Crippen LogP contribution < -0.4 is 10.2 Å². The SMILES string of the molecule is CNC(=O)[C@@]1(C)CN(c2ccc(C(F)(F)F)cc2)CCO1. The summed E-state index contributed by atoms with van der Waals surface area (Å²) in [6.07, 6.45) is -4.35. The zero-order valence-corrected chi connectivity index (χ0v) is 11.8. The summed E-state index contributed by atoms with van der Waals surface area (Å²) in [6, 6.07) is 4.92. The molecule has 0 aromatic heterocycles. The summed E-state index contributed by atoms with van der Waals surface area (Å²) in [5, 5.41) is 2.54. The molecule has 21 heavy (non-hydrogen) atoms. The Labute approximate surface area is 120 Å². The number of hydrogen-bond donors (Lipinski definition) is 1. The Morgan fingerprint density at radius 1 is 1.33 bits per heavy atom. The molecule has 0 aliphatic carbocycles. The van der Waals surface area contributed by atoms with Crippen LogP contribution in [0.15, 0.2) is 24.3 Å². The molecule has 1 saturated heterocycles. The van der Waals surface area contributed by atoms with Gasteiger partial charge in [-0.05, 0) is 31.2 Å². The molecule has 0 bridgehead atoms. The molecule has 1 atom stereocenters. The number of likely N-dealkylation sites (N-methyl/N-ethyl adjacent to an activating group) is 1. The molecule has 7 heteroatoms. The quantitative estimate of drug-likeness (QED) is 0.909. The maximum absolute atomic E-state index is 12.6. The number of halogens is 3. The molecule has 2 rings (SSSR count). The molecule has 1 aliphatic heterocycles. The van der Waals surface area contributed by atoms with Crippen molar-refractivity contribution in [3.63, 3.8) is 0 Å². The third-order valence-electron chi connectivity index (χ3n) is 3.54. The summed E-state index contributed by atoms with van der Waals surface area (Å²) in [5.41, 5.74) is -1.05. The van der Waals surface area contributed by atoms with Crippen LogP contribution in [0.4, 0.5) is 18.9 Å². The van der Waals surface area contributed by atoms with E-state index in [1.807, 2.05) is 4.90 Å². The number of morpholine rings is 1. The van der Waals surface area contributed by atoms with Crippen LogP contribution in [-0.2, 0) is 15.7 Å². The Bertz CT molecular complexity index is 516. The second kappa shape index (κ2) is 5.55. The Morgan fingerprint density at radius 2 is 1.95 bits per heavy atom. The number of nitrogens with zero attached hydrogens (tertiary/aromatic N) is 1. The lowest BCUT2D eigenvalue weighted by Gasteiger charge is -2.40. The normalized spacial score (nSPS) is 23.0. The van der Waals surface area contributed by atoms with Crippen molar-refractivity contribution in [1.29, 1.82) is 0 Å². The van der Waals surface area contributed by atoms with Gasteiger partial charge in [0.15, 0.2) is 5.60 Å². The number of benzene rings is 1. The van der Waals surface area contributed by atoms with Gasteiger partial charge in [0, 0.05) is 19.3 Å². The van der Waals surface area contributed by atoms with E-state index in [0.29, 0.717) is 18.8 Å². The molecule has 1 heterocycles. The predicted molar refractivity (Wildman–Crippen MR) is 72.1 cm³/mol. The van der Waals surface area contributed by atoms with Crippen LogP contribution in [-0.4, -0.2) is 38.3 Å². The van der Waals surface area contributed by atoms with E-state index >= 15 is 0 Å². The van der Waals surface area contributed by atoms with Gasteiger partial charge >= 0.3 is 6.18 Å². The van der Waals surface area contributed by atoms with E-state index < -0.39 is 17.3 Å². The second-order valence-corrected chi connectivity index (χ2v) is 5.12. The van der Waals surface area contributed by atoms with E-state index in [4.69, 9.17) is 4.74 Å². The number of carbonyl (C=O) groups excluding carboxylic acids is 1. The molecule has 0 saturated carbocycles. The Kier molecular flexibility index (Phi) is 4.13. The third kappa shape index (κ3) is 3.29. The van der Waals surface area contributed by atoms with Crippen molar-refractivity contribution in [3.8, 4) is 0 Å². The summed E-state index contributed by atoms with van der Waals surface area (Å²) < 4.78 is 43.2. The first kappa shape index (κ1) is 15.6. The van der Waals surface area contributed by atoms with Crippen LogP contribution in [0.25, 0.3) is 0 Å². The minimum absolute atomic E-state index is 0.251. The van der Waals surface area contributed by atoms with E-state index in [9.17, 15) is 18.0 Å². The molecule has 1 N–H and O–H groups in total. The topological polar surface area (TPSA) is 41.6 Å². The number of alkyl halides is 3. The van der Waals surface area contributed by atoms with Crippen molar-refractivity contribution in [2.24, 2.45) is 0 Å². The molecule has 116 valence electrons. The number of ether oxygens (including phenoxy) is 1. The highest BCUT2D eigenvalue weighted by atomic mass is 19.4. The zero-order chi connectivity index (χ0) is 15.7. The number of anilines is 1. The van der Waals surface area contributed by atoms with Gasteiger partial charge in [-0.15, -0.1) is 0 Å². The molecular weight excluding hydrogens is 285 g/mol. The minimum atomic E-state index is -4.35. The Morgan fingerprint density at radius 3 is 2.48 bits per heavy atom. The summed E-state index contributed by atoms with van der Waals surface area (Å²) in [7, 11) is 1.52. The predicted octanol–water partition coefficient (Wildman–Crippen LogP) is 2.05. The third-order valence-corrected chi connectivity index (χ3v) is 3.54. The first-order valence-corrected chi connectivity index (χ1v) is 6.54. The summed E-state index contributed by atoms with van der Waals surface area (Å²) in [5.74, 6) is -0.251. The van der Waals surface area contributed by atoms with Crippen LogP contribution in [0.5, 0.6) is 0 Å². The Balaban J connectivity index is 2.17. The van der Waals surface area contributed by atoms with Crippen LogP contribution in [0.2, 0.25) is 0 Å². The summed E-state index contributed by atoms with van der Waals surface area (Å²) >= 11 is 0. The number of carbonyl (C=O) groups is 1. The fourth-order valence-corrected chi connectivity index (χ4v) is 2.35. The standard InChI is InChI=1S/C14H17F3N2O2/c1-13(12(20)18-2)9-19(7-8-21-13)11-5-3-10(4-6-11)14(15,16)17/h3-6H,7-9H2,1-2H3,(H,18,20)/t13-/m1/s1. The van der Waals surface area contributed by atoms with Crippen LogP contribution >= 0.6 is 0 Å². The lowest BCUT2D eigenvalue weighted by Crippen LogP contribution is -2.57. The van der Waals surface area contributed by atoms with E-state index in [1.54, 1.807) is 6.92 Å². The van der Waals surface area contributed by atoms with Crippen LogP contribution in [0, 0.1) is 0 Å². The average molecular weight is 302 g/mol. The van der Waals surface area contributed by atoms with E-state index in [2.05, 4.69) is 5.32 Å². The van der Waals surface area contributed by atoms with E-state index in [0.717, 1.165) is 12.1 Å². The molecule has 4 nitrogen and oxygen atoms in total. The van der Waals surface area contributed by atoms with Gasteiger partial charge in [-0.1, -0.05) is 0 Å². The maximum Gasteiger partial charge on any atom is 0.416 e. The molecular formula is C14H17F3N2O2. The first-order chi connectivity index (χ1) is 9.76. The van der Waals surface area contributed by atoms with Crippen molar-refractivity contribution in [1.82, 2.24) is 5.32 Å². The Hall–Kier alpha value is -1.76. The second-order valence-electron chi connectivity index (χ2n) is 5.12. The molecule has 1 aromatic rings. The highest BCUT2D eigenvalue weighted by Crippen LogP contribution is 2.31. The zero-order valence-electron chi connectivity index (χ0n) is 11.8.